The summed E-state index contributed by atoms with van der Waals surface area (Å²) in [6.45, 7) is 5.36. The van der Waals surface area contributed by atoms with Crippen LogP contribution in [0.5, 0.6) is 0 Å². The van der Waals surface area contributed by atoms with Gasteiger partial charge in [0.1, 0.15) is 5.78 Å². The fourth-order valence-corrected chi connectivity index (χ4v) is 1.51. The molecule has 0 aliphatic heterocycles. The summed E-state index contributed by atoms with van der Waals surface area (Å²) in [6.07, 6.45) is 4.47. The quantitative estimate of drug-likeness (QED) is 0.736. The van der Waals surface area contributed by atoms with Crippen LogP contribution in [0.1, 0.15) is 25.8 Å². The van der Waals surface area contributed by atoms with Crippen molar-refractivity contribution in [3.8, 4) is 0 Å². The number of Topliss-reactive ketones (excluding diaryl/α,β-unsaturated/α-hetero) is 1. The van der Waals surface area contributed by atoms with Crippen LogP contribution in [0.25, 0.3) is 0 Å². The van der Waals surface area contributed by atoms with Crippen LogP contribution in [0.15, 0.2) is 24.5 Å². The number of aromatic nitrogens is 1. The Hall–Kier alpha value is -1.22. The van der Waals surface area contributed by atoms with Crippen LogP contribution in [-0.2, 0) is 11.3 Å². The van der Waals surface area contributed by atoms with Crippen LogP contribution >= 0.6 is 0 Å². The van der Waals surface area contributed by atoms with Crippen molar-refractivity contribution in [2.75, 3.05) is 13.6 Å². The third-order valence-corrected chi connectivity index (χ3v) is 2.79. The lowest BCUT2D eigenvalue weighted by Gasteiger charge is -2.17. The first kappa shape index (κ1) is 12.8. The predicted molar refractivity (Wildman–Crippen MR) is 65.0 cm³/mol. The van der Waals surface area contributed by atoms with Crippen LogP contribution in [-0.4, -0.2) is 29.3 Å². The molecule has 3 nitrogen and oxygen atoms in total. The Morgan fingerprint density at radius 2 is 2.06 bits per heavy atom. The molecule has 1 aromatic heterocycles. The second kappa shape index (κ2) is 6.38. The van der Waals surface area contributed by atoms with Gasteiger partial charge >= 0.3 is 0 Å². The van der Waals surface area contributed by atoms with Gasteiger partial charge in [0.25, 0.3) is 0 Å². The molecule has 1 atom stereocenters. The summed E-state index contributed by atoms with van der Waals surface area (Å²) in [6, 6.07) is 3.95. The topological polar surface area (TPSA) is 33.2 Å². The van der Waals surface area contributed by atoms with Crippen molar-refractivity contribution >= 4 is 5.78 Å². The molecule has 0 radical (unpaired) electrons. The van der Waals surface area contributed by atoms with E-state index in [1.165, 1.54) is 5.56 Å². The zero-order valence-electron chi connectivity index (χ0n) is 10.3. The zero-order valence-corrected chi connectivity index (χ0v) is 10.3. The Morgan fingerprint density at radius 1 is 1.44 bits per heavy atom. The van der Waals surface area contributed by atoms with Crippen molar-refractivity contribution in [3.63, 3.8) is 0 Å². The van der Waals surface area contributed by atoms with Gasteiger partial charge in [0.05, 0.1) is 6.54 Å². The number of likely N-dealkylation sites (N-methyl/N-ethyl adjacent to an activating group) is 1. The highest BCUT2D eigenvalue weighted by Crippen LogP contribution is 2.06. The number of pyridine rings is 1. The molecule has 0 aromatic carbocycles. The van der Waals surface area contributed by atoms with Gasteiger partial charge in [-0.1, -0.05) is 13.8 Å². The Morgan fingerprint density at radius 3 is 2.62 bits per heavy atom. The van der Waals surface area contributed by atoms with Gasteiger partial charge in [0.15, 0.2) is 0 Å². The fraction of sp³-hybridized carbons (Fsp3) is 0.538. The molecule has 0 saturated carbocycles. The second-order valence-electron chi connectivity index (χ2n) is 4.30. The summed E-state index contributed by atoms with van der Waals surface area (Å²) in [5.74, 6) is 0.485. The van der Waals surface area contributed by atoms with E-state index in [2.05, 4.69) is 4.98 Å². The molecular formula is C13H20N2O. The SMILES string of the molecule is CCC(C)C(=O)CN(C)Cc1ccncc1. The van der Waals surface area contributed by atoms with Crippen LogP contribution in [0, 0.1) is 5.92 Å². The molecule has 0 aliphatic carbocycles. The first-order chi connectivity index (χ1) is 7.63. The lowest BCUT2D eigenvalue weighted by atomic mass is 10.0. The molecule has 1 heterocycles. The number of ketones is 1. The van der Waals surface area contributed by atoms with Crippen LogP contribution in [0.4, 0.5) is 0 Å². The normalized spacial score (nSPS) is 12.8. The maximum atomic E-state index is 11.7. The Kier molecular flexibility index (Phi) is 5.12. The maximum absolute atomic E-state index is 11.7. The fourth-order valence-electron chi connectivity index (χ4n) is 1.51. The van der Waals surface area contributed by atoms with Gasteiger partial charge in [0.2, 0.25) is 0 Å². The van der Waals surface area contributed by atoms with Gasteiger partial charge < -0.3 is 0 Å². The highest BCUT2D eigenvalue weighted by Gasteiger charge is 2.12. The summed E-state index contributed by atoms with van der Waals surface area (Å²) in [5, 5.41) is 0. The van der Waals surface area contributed by atoms with E-state index in [-0.39, 0.29) is 5.92 Å². The average Bonchev–Trinajstić information content (AvgIpc) is 2.29. The molecule has 0 amide bonds. The molecule has 88 valence electrons. The van der Waals surface area contributed by atoms with Gasteiger partial charge in [0, 0.05) is 24.9 Å². The van der Waals surface area contributed by atoms with Gasteiger partial charge in [-0.05, 0) is 31.2 Å². The maximum Gasteiger partial charge on any atom is 0.149 e. The first-order valence-electron chi connectivity index (χ1n) is 5.73. The summed E-state index contributed by atoms with van der Waals surface area (Å²) < 4.78 is 0. The zero-order chi connectivity index (χ0) is 12.0. The molecule has 0 fully saturated rings. The summed E-state index contributed by atoms with van der Waals surface area (Å²) in [7, 11) is 1.97. The van der Waals surface area contributed by atoms with E-state index >= 15 is 0 Å². The number of nitrogens with zero attached hydrogens (tertiary/aromatic N) is 2. The van der Waals surface area contributed by atoms with Gasteiger partial charge in [-0.15, -0.1) is 0 Å². The van der Waals surface area contributed by atoms with Crippen LogP contribution < -0.4 is 0 Å². The van der Waals surface area contributed by atoms with Crippen molar-refractivity contribution in [1.82, 2.24) is 9.88 Å². The Bertz CT molecular complexity index is 324. The first-order valence-corrected chi connectivity index (χ1v) is 5.73. The van der Waals surface area contributed by atoms with E-state index in [1.807, 2.05) is 37.9 Å². The van der Waals surface area contributed by atoms with Gasteiger partial charge in [-0.3, -0.25) is 14.7 Å². The molecule has 3 heteroatoms. The molecule has 1 aromatic rings. The number of hydrogen-bond acceptors (Lipinski definition) is 3. The second-order valence-corrected chi connectivity index (χ2v) is 4.30. The predicted octanol–water partition coefficient (Wildman–Crippen LogP) is 2.13. The van der Waals surface area contributed by atoms with Crippen molar-refractivity contribution in [1.29, 1.82) is 0 Å². The number of carbonyl (C=O) groups excluding carboxylic acids is 1. The highest BCUT2D eigenvalue weighted by atomic mass is 16.1. The van der Waals surface area contributed by atoms with E-state index in [0.717, 1.165) is 13.0 Å². The molecule has 0 N–H and O–H groups in total. The lowest BCUT2D eigenvalue weighted by molar-refractivity contribution is -0.123. The smallest absolute Gasteiger partial charge is 0.149 e. The molecule has 0 aliphatic rings. The molecule has 1 unspecified atom stereocenters. The minimum absolute atomic E-state index is 0.167. The van der Waals surface area contributed by atoms with E-state index < -0.39 is 0 Å². The number of carbonyl (C=O) groups is 1. The lowest BCUT2D eigenvalue weighted by Crippen LogP contribution is -2.28. The largest absolute Gasteiger partial charge is 0.298 e. The third kappa shape index (κ3) is 4.11. The van der Waals surface area contributed by atoms with Gasteiger partial charge in [-0.2, -0.15) is 0 Å². The Balaban J connectivity index is 2.42. The van der Waals surface area contributed by atoms with Crippen molar-refractivity contribution < 1.29 is 4.79 Å². The van der Waals surface area contributed by atoms with E-state index in [1.54, 1.807) is 12.4 Å². The monoisotopic (exact) mass is 220 g/mol. The Labute approximate surface area is 97.5 Å². The number of hydrogen-bond donors (Lipinski definition) is 0. The van der Waals surface area contributed by atoms with Crippen molar-refractivity contribution in [2.45, 2.75) is 26.8 Å². The van der Waals surface area contributed by atoms with Gasteiger partial charge in [-0.25, -0.2) is 0 Å². The highest BCUT2D eigenvalue weighted by molar-refractivity contribution is 5.82. The van der Waals surface area contributed by atoms with E-state index in [0.29, 0.717) is 12.3 Å². The number of rotatable bonds is 6. The summed E-state index contributed by atoms with van der Waals surface area (Å²) in [5.41, 5.74) is 1.19. The van der Waals surface area contributed by atoms with E-state index in [9.17, 15) is 4.79 Å². The average molecular weight is 220 g/mol. The molecule has 1 rings (SSSR count). The van der Waals surface area contributed by atoms with E-state index in [4.69, 9.17) is 0 Å². The molecule has 0 spiro atoms. The third-order valence-electron chi connectivity index (χ3n) is 2.79. The summed E-state index contributed by atoms with van der Waals surface area (Å²) in [4.78, 5) is 17.7. The molecule has 16 heavy (non-hydrogen) atoms. The molecule has 0 saturated heterocycles. The van der Waals surface area contributed by atoms with Crippen molar-refractivity contribution in [2.24, 2.45) is 5.92 Å². The van der Waals surface area contributed by atoms with Crippen LogP contribution in [0.3, 0.4) is 0 Å². The molecule has 0 bridgehead atoms. The standard InChI is InChI=1S/C13H20N2O/c1-4-11(2)13(16)10-15(3)9-12-5-7-14-8-6-12/h5-8,11H,4,9-10H2,1-3H3. The van der Waals surface area contributed by atoms with Crippen LogP contribution in [0.2, 0.25) is 0 Å². The minimum atomic E-state index is 0.167. The van der Waals surface area contributed by atoms with Crippen molar-refractivity contribution in [3.05, 3.63) is 30.1 Å². The minimum Gasteiger partial charge on any atom is -0.298 e. The molecular weight excluding hydrogens is 200 g/mol. The summed E-state index contributed by atoms with van der Waals surface area (Å²) >= 11 is 0.